The van der Waals surface area contributed by atoms with E-state index in [1.165, 1.54) is 4.90 Å². The van der Waals surface area contributed by atoms with Gasteiger partial charge in [-0.3, -0.25) is 9.69 Å². The summed E-state index contributed by atoms with van der Waals surface area (Å²) in [5.41, 5.74) is 1.31. The molecule has 0 N–H and O–H groups in total. The molecule has 0 aromatic heterocycles. The van der Waals surface area contributed by atoms with Crippen molar-refractivity contribution < 1.29 is 23.9 Å². The van der Waals surface area contributed by atoms with Crippen molar-refractivity contribution in [3.05, 3.63) is 71.8 Å². The first-order valence-electron chi connectivity index (χ1n) is 8.98. The Morgan fingerprint density at radius 2 is 1.68 bits per heavy atom. The molecule has 1 saturated heterocycles. The molecule has 1 unspecified atom stereocenters. The highest BCUT2D eigenvalue weighted by molar-refractivity contribution is 6.64. The van der Waals surface area contributed by atoms with E-state index in [1.807, 2.05) is 30.3 Å². The number of likely N-dealkylation sites (tertiary alicyclic amines) is 1. The highest BCUT2D eigenvalue weighted by Gasteiger charge is 2.37. The molecule has 2 atom stereocenters. The van der Waals surface area contributed by atoms with Crippen molar-refractivity contribution in [3.63, 3.8) is 0 Å². The number of rotatable bonds is 6. The highest BCUT2D eigenvalue weighted by atomic mass is 35.5. The van der Waals surface area contributed by atoms with Crippen LogP contribution in [0.3, 0.4) is 0 Å². The summed E-state index contributed by atoms with van der Waals surface area (Å²) in [5, 5.41) is -0.614. The Bertz CT molecular complexity index is 827. The Hall–Kier alpha value is -2.86. The molecule has 1 amide bonds. The maximum atomic E-state index is 12.7. The van der Waals surface area contributed by atoms with Crippen LogP contribution in [-0.4, -0.2) is 34.8 Å². The zero-order valence-corrected chi connectivity index (χ0v) is 15.9. The van der Waals surface area contributed by atoms with Crippen molar-refractivity contribution in [2.45, 2.75) is 31.6 Å². The Balaban J connectivity index is 1.73. The van der Waals surface area contributed by atoms with Gasteiger partial charge in [0, 0.05) is 12.1 Å². The van der Waals surface area contributed by atoms with E-state index in [1.54, 1.807) is 30.3 Å². The summed E-state index contributed by atoms with van der Waals surface area (Å²) in [5.74, 6) is -0.684. The highest BCUT2D eigenvalue weighted by Crippen LogP contribution is 2.25. The second-order valence-corrected chi connectivity index (χ2v) is 6.80. The van der Waals surface area contributed by atoms with Crippen LogP contribution in [-0.2, 0) is 25.7 Å². The van der Waals surface area contributed by atoms with E-state index >= 15 is 0 Å². The lowest BCUT2D eigenvalue weighted by molar-refractivity contribution is -0.156. The number of ether oxygens (including phenoxy) is 2. The Labute approximate surface area is 168 Å². The van der Waals surface area contributed by atoms with E-state index in [4.69, 9.17) is 21.1 Å². The molecule has 2 aromatic carbocycles. The van der Waals surface area contributed by atoms with E-state index in [0.717, 1.165) is 5.56 Å². The van der Waals surface area contributed by atoms with Crippen LogP contribution in [0, 0.1) is 0 Å². The molecule has 0 radical (unpaired) electrons. The van der Waals surface area contributed by atoms with Gasteiger partial charge in [0.15, 0.2) is 0 Å². The average Bonchev–Trinajstić information content (AvgIpc) is 3.22. The fourth-order valence-electron chi connectivity index (χ4n) is 3.07. The molecule has 0 bridgehead atoms. The van der Waals surface area contributed by atoms with Crippen molar-refractivity contribution in [2.75, 3.05) is 6.54 Å². The van der Waals surface area contributed by atoms with Crippen molar-refractivity contribution in [2.24, 2.45) is 0 Å². The topological polar surface area (TPSA) is 72.9 Å². The maximum Gasteiger partial charge on any atom is 0.411 e. The van der Waals surface area contributed by atoms with Crippen molar-refractivity contribution >= 4 is 28.9 Å². The van der Waals surface area contributed by atoms with Crippen molar-refractivity contribution in [1.29, 1.82) is 0 Å². The molecule has 1 aliphatic heterocycles. The Morgan fingerprint density at radius 3 is 2.32 bits per heavy atom. The van der Waals surface area contributed by atoms with Crippen molar-refractivity contribution in [3.8, 4) is 0 Å². The second-order valence-electron chi connectivity index (χ2n) is 6.42. The monoisotopic (exact) mass is 401 g/mol. The van der Waals surface area contributed by atoms with E-state index < -0.39 is 29.5 Å². The summed E-state index contributed by atoms with van der Waals surface area (Å²) >= 11 is 5.58. The lowest BCUT2D eigenvalue weighted by Gasteiger charge is -2.24. The summed E-state index contributed by atoms with van der Waals surface area (Å²) in [6.45, 7) is 0.412. The predicted molar refractivity (Wildman–Crippen MR) is 102 cm³/mol. The zero-order chi connectivity index (χ0) is 19.9. The fourth-order valence-corrected chi connectivity index (χ4v) is 3.30. The number of amides is 1. The first-order valence-corrected chi connectivity index (χ1v) is 9.36. The number of hydrogen-bond acceptors (Lipinski definition) is 5. The lowest BCUT2D eigenvalue weighted by atomic mass is 10.1. The summed E-state index contributed by atoms with van der Waals surface area (Å²) in [6, 6.07) is 17.1. The normalized spacial score (nSPS) is 17.0. The van der Waals surface area contributed by atoms with Crippen LogP contribution in [0.1, 0.15) is 30.1 Å². The number of esters is 1. The minimum Gasteiger partial charge on any atom is -0.458 e. The second kappa shape index (κ2) is 9.37. The molecule has 0 saturated carbocycles. The van der Waals surface area contributed by atoms with Gasteiger partial charge in [-0.25, -0.2) is 9.59 Å². The number of benzene rings is 2. The average molecular weight is 402 g/mol. The molecular weight excluding hydrogens is 382 g/mol. The number of hydrogen-bond donors (Lipinski definition) is 0. The summed E-state index contributed by atoms with van der Waals surface area (Å²) in [6.07, 6.45) is -0.871. The van der Waals surface area contributed by atoms with Gasteiger partial charge in [-0.2, -0.15) is 0 Å². The first kappa shape index (κ1) is 19.9. The maximum absolute atomic E-state index is 12.7. The van der Waals surface area contributed by atoms with Gasteiger partial charge < -0.3 is 9.47 Å². The smallest absolute Gasteiger partial charge is 0.411 e. The fraction of sp³-hybridized carbons (Fsp3) is 0.286. The van der Waals surface area contributed by atoms with E-state index in [9.17, 15) is 14.4 Å². The van der Waals surface area contributed by atoms with Gasteiger partial charge in [-0.15, -0.1) is 0 Å². The van der Waals surface area contributed by atoms with Gasteiger partial charge in [-0.05, 0) is 30.0 Å². The van der Waals surface area contributed by atoms with Gasteiger partial charge in [0.05, 0.1) is 0 Å². The molecule has 1 fully saturated rings. The number of halogens is 1. The van der Waals surface area contributed by atoms with E-state index in [-0.39, 0.29) is 6.61 Å². The Kier molecular flexibility index (Phi) is 6.66. The quantitative estimate of drug-likeness (QED) is 0.543. The molecule has 0 spiro atoms. The summed E-state index contributed by atoms with van der Waals surface area (Å²) in [7, 11) is 0. The molecule has 3 rings (SSSR count). The van der Waals surface area contributed by atoms with Crippen LogP contribution >= 0.6 is 11.6 Å². The lowest BCUT2D eigenvalue weighted by Crippen LogP contribution is -2.40. The molecule has 6 nitrogen and oxygen atoms in total. The van der Waals surface area contributed by atoms with Gasteiger partial charge in [0.1, 0.15) is 12.6 Å². The van der Waals surface area contributed by atoms with Gasteiger partial charge in [0.2, 0.25) is 11.3 Å². The molecule has 28 heavy (non-hydrogen) atoms. The van der Waals surface area contributed by atoms with Crippen LogP contribution in [0.25, 0.3) is 0 Å². The molecule has 1 heterocycles. The van der Waals surface area contributed by atoms with Crippen LogP contribution in [0.15, 0.2) is 60.7 Å². The summed E-state index contributed by atoms with van der Waals surface area (Å²) < 4.78 is 10.8. The number of nitrogens with zero attached hydrogens (tertiary/aromatic N) is 1. The van der Waals surface area contributed by atoms with Crippen LogP contribution in [0.4, 0.5) is 4.79 Å². The molecular formula is C21H20ClNO5. The molecule has 146 valence electrons. The number of carbonyl (C=O) groups excluding carboxylic acids is 3. The molecule has 1 aliphatic rings. The van der Waals surface area contributed by atoms with E-state index in [2.05, 4.69) is 0 Å². The van der Waals surface area contributed by atoms with Gasteiger partial charge in [0.25, 0.3) is 0 Å². The van der Waals surface area contributed by atoms with Gasteiger partial charge >= 0.3 is 12.1 Å². The van der Waals surface area contributed by atoms with Crippen LogP contribution in [0.5, 0.6) is 0 Å². The third-order valence-electron chi connectivity index (χ3n) is 4.51. The molecule has 2 aromatic rings. The molecule has 7 heteroatoms. The largest absolute Gasteiger partial charge is 0.458 e. The molecule has 0 aliphatic carbocycles. The predicted octanol–water partition coefficient (Wildman–Crippen LogP) is 3.84. The third-order valence-corrected chi connectivity index (χ3v) is 4.76. The van der Waals surface area contributed by atoms with Gasteiger partial charge in [-0.1, -0.05) is 60.7 Å². The minimum absolute atomic E-state index is 0.0626. The van der Waals surface area contributed by atoms with E-state index in [0.29, 0.717) is 24.9 Å². The minimum atomic E-state index is -1.23. The number of carbonyl (C=O) groups is 3. The first-order chi connectivity index (χ1) is 13.6. The standard InChI is InChI=1S/C21H20ClNO5/c22-19(24)17-12-7-13-23(17)21(26)28-18(16-10-5-2-6-11-16)20(25)27-14-15-8-3-1-4-9-15/h1-6,8-11,17-18H,7,12-14H2/t17-,18?/m1/s1. The SMILES string of the molecule is O=C(OCc1ccccc1)C(OC(=O)N1CCC[C@@H]1C(=O)Cl)c1ccccc1. The van der Waals surface area contributed by atoms with Crippen LogP contribution < -0.4 is 0 Å². The Morgan fingerprint density at radius 1 is 1.04 bits per heavy atom. The van der Waals surface area contributed by atoms with Crippen LogP contribution in [0.2, 0.25) is 0 Å². The zero-order valence-electron chi connectivity index (χ0n) is 15.1. The third kappa shape index (κ3) is 4.89. The van der Waals surface area contributed by atoms with Crippen molar-refractivity contribution in [1.82, 2.24) is 4.90 Å². The summed E-state index contributed by atoms with van der Waals surface area (Å²) in [4.78, 5) is 38.1.